The fourth-order valence-electron chi connectivity index (χ4n) is 3.38. The van der Waals surface area contributed by atoms with Gasteiger partial charge in [-0.2, -0.15) is 17.5 Å². The van der Waals surface area contributed by atoms with Crippen LogP contribution in [0.1, 0.15) is 53.7 Å². The van der Waals surface area contributed by atoms with E-state index in [1.807, 2.05) is 0 Å². The maximum Gasteiger partial charge on any atom is 0.416 e. The van der Waals surface area contributed by atoms with Crippen LogP contribution in [0.15, 0.2) is 53.4 Å². The van der Waals surface area contributed by atoms with E-state index in [1.165, 1.54) is 40.7 Å². The van der Waals surface area contributed by atoms with E-state index in [0.29, 0.717) is 18.7 Å². The van der Waals surface area contributed by atoms with E-state index in [0.717, 1.165) is 31.4 Å². The lowest BCUT2D eigenvalue weighted by molar-refractivity contribution is -0.137. The van der Waals surface area contributed by atoms with Gasteiger partial charge in [0.15, 0.2) is 0 Å². The van der Waals surface area contributed by atoms with Crippen molar-refractivity contribution in [1.29, 1.82) is 0 Å². The zero-order valence-corrected chi connectivity index (χ0v) is 17.3. The molecule has 1 aliphatic heterocycles. The van der Waals surface area contributed by atoms with Gasteiger partial charge in [0.25, 0.3) is 5.91 Å². The summed E-state index contributed by atoms with van der Waals surface area (Å²) < 4.78 is 65.2. The number of hydrogen-bond donors (Lipinski definition) is 1. The van der Waals surface area contributed by atoms with Gasteiger partial charge in [-0.15, -0.1) is 0 Å². The maximum absolute atomic E-state index is 12.8. The van der Waals surface area contributed by atoms with Gasteiger partial charge in [-0.1, -0.05) is 24.6 Å². The number of nitrogens with zero attached hydrogens (tertiary/aromatic N) is 1. The van der Waals surface area contributed by atoms with Crippen molar-refractivity contribution < 1.29 is 26.4 Å². The molecule has 2 aromatic carbocycles. The molecule has 1 amide bonds. The van der Waals surface area contributed by atoms with E-state index in [9.17, 15) is 26.4 Å². The van der Waals surface area contributed by atoms with Gasteiger partial charge in [0.05, 0.1) is 16.5 Å². The lowest BCUT2D eigenvalue weighted by Gasteiger charge is -2.26. The number of benzene rings is 2. The number of piperidine rings is 1. The highest BCUT2D eigenvalue weighted by atomic mass is 32.2. The van der Waals surface area contributed by atoms with E-state index in [2.05, 4.69) is 5.32 Å². The van der Waals surface area contributed by atoms with Gasteiger partial charge in [0.2, 0.25) is 10.0 Å². The number of rotatable bonds is 5. The van der Waals surface area contributed by atoms with E-state index in [-0.39, 0.29) is 10.5 Å². The third-order valence-electron chi connectivity index (χ3n) is 5.13. The molecule has 0 radical (unpaired) electrons. The van der Waals surface area contributed by atoms with Crippen LogP contribution >= 0.6 is 0 Å². The molecule has 1 heterocycles. The fourth-order valence-corrected chi connectivity index (χ4v) is 4.94. The van der Waals surface area contributed by atoms with Crippen LogP contribution in [0.5, 0.6) is 0 Å². The minimum Gasteiger partial charge on any atom is -0.346 e. The molecule has 1 N–H and O–H groups in total. The Morgan fingerprint density at radius 3 is 2.27 bits per heavy atom. The third kappa shape index (κ3) is 5.02. The summed E-state index contributed by atoms with van der Waals surface area (Å²) in [5, 5.41) is 2.70. The molecule has 0 spiro atoms. The SMILES string of the molecule is C[C@@H](NC(=O)c1cccc(S(=O)(=O)N2CCCCC2)c1)c1ccc(C(F)(F)F)cc1. The molecule has 0 aliphatic carbocycles. The molecule has 9 heteroatoms. The zero-order valence-electron chi connectivity index (χ0n) is 16.4. The monoisotopic (exact) mass is 440 g/mol. The summed E-state index contributed by atoms with van der Waals surface area (Å²) in [7, 11) is -3.67. The number of hydrogen-bond acceptors (Lipinski definition) is 3. The summed E-state index contributed by atoms with van der Waals surface area (Å²) in [5.74, 6) is -0.502. The van der Waals surface area contributed by atoms with Crippen LogP contribution in [-0.2, 0) is 16.2 Å². The van der Waals surface area contributed by atoms with E-state index in [1.54, 1.807) is 6.92 Å². The minimum atomic E-state index is -4.43. The fraction of sp³-hybridized carbons (Fsp3) is 0.381. The summed E-state index contributed by atoms with van der Waals surface area (Å²) in [6, 6.07) is 9.79. The smallest absolute Gasteiger partial charge is 0.346 e. The van der Waals surface area contributed by atoms with Gasteiger partial charge in [0.1, 0.15) is 0 Å². The molecule has 3 rings (SSSR count). The summed E-state index contributed by atoms with van der Waals surface area (Å²) in [6.07, 6.45) is -1.81. The Morgan fingerprint density at radius 2 is 1.67 bits per heavy atom. The molecule has 1 atom stereocenters. The number of sulfonamides is 1. The standard InChI is InChI=1S/C21H23F3N2O3S/c1-15(16-8-10-18(11-9-16)21(22,23)24)25-20(27)17-6-5-7-19(14-17)30(28,29)26-12-3-2-4-13-26/h5-11,14-15H,2-4,12-13H2,1H3,(H,25,27)/t15-/m1/s1. The Hall–Kier alpha value is -2.39. The summed E-state index contributed by atoms with van der Waals surface area (Å²) in [5.41, 5.74) is -0.0827. The lowest BCUT2D eigenvalue weighted by Crippen LogP contribution is -2.35. The van der Waals surface area contributed by atoms with Crippen LogP contribution in [0, 0.1) is 0 Å². The number of amides is 1. The van der Waals surface area contributed by atoms with Gasteiger partial charge in [0, 0.05) is 18.7 Å². The Kier molecular flexibility index (Phi) is 6.52. The first-order valence-corrected chi connectivity index (χ1v) is 11.1. The molecule has 0 unspecified atom stereocenters. The topological polar surface area (TPSA) is 66.5 Å². The molecule has 30 heavy (non-hydrogen) atoms. The Morgan fingerprint density at radius 1 is 1.03 bits per heavy atom. The average Bonchev–Trinajstić information content (AvgIpc) is 2.74. The third-order valence-corrected chi connectivity index (χ3v) is 7.03. The van der Waals surface area contributed by atoms with Gasteiger partial charge in [-0.25, -0.2) is 8.42 Å². The summed E-state index contributed by atoms with van der Waals surface area (Å²) in [6.45, 7) is 2.57. The molecule has 5 nitrogen and oxygen atoms in total. The molecule has 1 fully saturated rings. The first kappa shape index (κ1) is 22.3. The lowest BCUT2D eigenvalue weighted by atomic mass is 10.1. The minimum absolute atomic E-state index is 0.0548. The van der Waals surface area contributed by atoms with Crippen molar-refractivity contribution in [2.24, 2.45) is 0 Å². The van der Waals surface area contributed by atoms with E-state index in [4.69, 9.17) is 0 Å². The second-order valence-electron chi connectivity index (χ2n) is 7.31. The number of carbonyl (C=O) groups excluding carboxylic acids is 1. The van der Waals surface area contributed by atoms with Crippen molar-refractivity contribution in [2.75, 3.05) is 13.1 Å². The highest BCUT2D eigenvalue weighted by molar-refractivity contribution is 7.89. The van der Waals surface area contributed by atoms with Gasteiger partial charge in [-0.3, -0.25) is 4.79 Å². The predicted molar refractivity (Wildman–Crippen MR) is 106 cm³/mol. The Bertz CT molecular complexity index is 999. The maximum atomic E-state index is 12.8. The predicted octanol–water partition coefficient (Wildman–Crippen LogP) is 4.37. The van der Waals surface area contributed by atoms with Crippen LogP contribution < -0.4 is 5.32 Å². The summed E-state index contributed by atoms with van der Waals surface area (Å²) >= 11 is 0. The second-order valence-corrected chi connectivity index (χ2v) is 9.25. The van der Waals surface area contributed by atoms with Crippen molar-refractivity contribution in [1.82, 2.24) is 9.62 Å². The zero-order chi connectivity index (χ0) is 21.9. The van der Waals surface area contributed by atoms with E-state index < -0.39 is 33.7 Å². The molecule has 0 aromatic heterocycles. The number of carbonyl (C=O) groups is 1. The van der Waals surface area contributed by atoms with Crippen molar-refractivity contribution in [2.45, 2.75) is 43.3 Å². The molecule has 1 aliphatic rings. The van der Waals surface area contributed by atoms with Gasteiger partial charge in [-0.05, 0) is 55.7 Å². The number of nitrogens with one attached hydrogen (secondary N) is 1. The molecular formula is C21H23F3N2O3S. The normalized spacial score (nSPS) is 16.8. The molecule has 162 valence electrons. The summed E-state index contributed by atoms with van der Waals surface area (Å²) in [4.78, 5) is 12.7. The highest BCUT2D eigenvalue weighted by Gasteiger charge is 2.30. The van der Waals surface area contributed by atoms with E-state index >= 15 is 0 Å². The van der Waals surface area contributed by atoms with Crippen molar-refractivity contribution in [3.05, 3.63) is 65.2 Å². The van der Waals surface area contributed by atoms with Crippen molar-refractivity contribution in [3.63, 3.8) is 0 Å². The molecule has 2 aromatic rings. The average molecular weight is 440 g/mol. The van der Waals surface area contributed by atoms with Crippen molar-refractivity contribution >= 4 is 15.9 Å². The van der Waals surface area contributed by atoms with Gasteiger partial charge >= 0.3 is 6.18 Å². The molecule has 0 saturated carbocycles. The van der Waals surface area contributed by atoms with Crippen LogP contribution in [0.4, 0.5) is 13.2 Å². The number of halogens is 3. The molecular weight excluding hydrogens is 417 g/mol. The largest absolute Gasteiger partial charge is 0.416 e. The van der Waals surface area contributed by atoms with Crippen LogP contribution in [0.3, 0.4) is 0 Å². The molecule has 0 bridgehead atoms. The van der Waals surface area contributed by atoms with Crippen LogP contribution in [0.2, 0.25) is 0 Å². The van der Waals surface area contributed by atoms with Crippen LogP contribution in [-0.4, -0.2) is 31.7 Å². The highest BCUT2D eigenvalue weighted by Crippen LogP contribution is 2.30. The second kappa shape index (κ2) is 8.77. The van der Waals surface area contributed by atoms with Gasteiger partial charge < -0.3 is 5.32 Å². The first-order valence-electron chi connectivity index (χ1n) is 9.67. The quantitative estimate of drug-likeness (QED) is 0.751. The Labute approximate surface area is 173 Å². The van der Waals surface area contributed by atoms with Crippen molar-refractivity contribution in [3.8, 4) is 0 Å². The number of alkyl halides is 3. The first-order chi connectivity index (χ1) is 14.1. The Balaban J connectivity index is 1.73. The van der Waals surface area contributed by atoms with Crippen LogP contribution in [0.25, 0.3) is 0 Å². The molecule has 1 saturated heterocycles.